The number of piperidine rings is 1. The lowest BCUT2D eigenvalue weighted by atomic mass is 10.0. The van der Waals surface area contributed by atoms with Crippen LogP contribution in [-0.4, -0.2) is 61.7 Å². The van der Waals surface area contributed by atoms with Crippen LogP contribution >= 0.6 is 15.9 Å². The molecule has 0 amide bonds. The summed E-state index contributed by atoms with van der Waals surface area (Å²) in [6.45, 7) is 12.5. The van der Waals surface area contributed by atoms with Gasteiger partial charge in [0.05, 0.1) is 19.6 Å². The van der Waals surface area contributed by atoms with Gasteiger partial charge < -0.3 is 4.90 Å². The van der Waals surface area contributed by atoms with Gasteiger partial charge >= 0.3 is 0 Å². The second-order valence-electron chi connectivity index (χ2n) is 6.78. The van der Waals surface area contributed by atoms with Crippen molar-refractivity contribution in [2.75, 3.05) is 45.8 Å². The van der Waals surface area contributed by atoms with Gasteiger partial charge in [-0.3, -0.25) is 9.80 Å². The highest BCUT2D eigenvalue weighted by Gasteiger charge is 2.28. The predicted molar refractivity (Wildman–Crippen MR) is 95.3 cm³/mol. The highest BCUT2D eigenvalue weighted by atomic mass is 79.9. The molecule has 0 saturated carbocycles. The zero-order valence-corrected chi connectivity index (χ0v) is 15.3. The standard InChI is InChI=1S/C18H28BrN3/c1-2-20-10-12-22(13-11-20)18-6-8-21(9-7-18)15-16-4-3-5-17(19)14-16/h3-5,14,18H,2,6-13,15H2,1H3/p+1. The third-order valence-corrected chi connectivity index (χ3v) is 5.87. The van der Waals surface area contributed by atoms with Crippen molar-refractivity contribution >= 4 is 15.9 Å². The van der Waals surface area contributed by atoms with Gasteiger partial charge in [-0.1, -0.05) is 28.1 Å². The largest absolute Gasteiger partial charge is 0.333 e. The number of piperazine rings is 1. The van der Waals surface area contributed by atoms with E-state index in [0.717, 1.165) is 12.6 Å². The molecule has 2 saturated heterocycles. The quantitative estimate of drug-likeness (QED) is 0.868. The SMILES string of the molecule is CC[NH+]1CCN(C2CCN(Cc3cccc(Br)c3)CC2)CC1. The van der Waals surface area contributed by atoms with Crippen LogP contribution < -0.4 is 4.90 Å². The Labute approximate surface area is 143 Å². The minimum absolute atomic E-state index is 0.831. The summed E-state index contributed by atoms with van der Waals surface area (Å²) in [6, 6.07) is 9.56. The maximum Gasteiger partial charge on any atom is 0.0900 e. The Morgan fingerprint density at radius 2 is 1.86 bits per heavy atom. The first-order valence-electron chi connectivity index (χ1n) is 8.79. The summed E-state index contributed by atoms with van der Waals surface area (Å²) < 4.78 is 1.19. The number of nitrogens with one attached hydrogen (secondary N) is 1. The molecule has 3 rings (SSSR count). The van der Waals surface area contributed by atoms with Gasteiger partial charge in [-0.15, -0.1) is 0 Å². The molecule has 1 aromatic rings. The molecular weight excluding hydrogens is 338 g/mol. The number of rotatable bonds is 4. The van der Waals surface area contributed by atoms with Gasteiger partial charge in [-0.05, 0) is 50.6 Å². The van der Waals surface area contributed by atoms with E-state index in [1.165, 1.54) is 68.7 Å². The van der Waals surface area contributed by atoms with Crippen molar-refractivity contribution in [1.82, 2.24) is 9.80 Å². The third-order valence-electron chi connectivity index (χ3n) is 5.37. The molecule has 2 fully saturated rings. The number of quaternary nitrogens is 1. The molecule has 2 aliphatic rings. The molecule has 0 bridgehead atoms. The van der Waals surface area contributed by atoms with E-state index in [0.29, 0.717) is 0 Å². The second kappa shape index (κ2) is 7.91. The first-order chi connectivity index (χ1) is 10.7. The molecule has 0 aromatic heterocycles. The predicted octanol–water partition coefficient (Wildman–Crippen LogP) is 1.63. The molecule has 1 N–H and O–H groups in total. The monoisotopic (exact) mass is 366 g/mol. The molecule has 2 heterocycles. The molecule has 22 heavy (non-hydrogen) atoms. The highest BCUT2D eigenvalue weighted by molar-refractivity contribution is 9.10. The average molecular weight is 367 g/mol. The summed E-state index contributed by atoms with van der Waals surface area (Å²) in [7, 11) is 0. The molecule has 0 radical (unpaired) electrons. The van der Waals surface area contributed by atoms with Crippen LogP contribution in [0.25, 0.3) is 0 Å². The molecule has 0 aliphatic carbocycles. The van der Waals surface area contributed by atoms with Crippen LogP contribution in [0.2, 0.25) is 0 Å². The lowest BCUT2D eigenvalue weighted by Gasteiger charge is -2.41. The summed E-state index contributed by atoms with van der Waals surface area (Å²) >= 11 is 3.57. The molecule has 4 heteroatoms. The Bertz CT molecular complexity index is 463. The van der Waals surface area contributed by atoms with E-state index in [9.17, 15) is 0 Å². The van der Waals surface area contributed by atoms with Crippen LogP contribution in [0.5, 0.6) is 0 Å². The number of hydrogen-bond donors (Lipinski definition) is 1. The van der Waals surface area contributed by atoms with Crippen LogP contribution in [0.3, 0.4) is 0 Å². The summed E-state index contributed by atoms with van der Waals surface area (Å²) in [4.78, 5) is 7.16. The van der Waals surface area contributed by atoms with E-state index in [2.05, 4.69) is 56.9 Å². The van der Waals surface area contributed by atoms with E-state index in [-0.39, 0.29) is 0 Å². The molecule has 0 atom stereocenters. The summed E-state index contributed by atoms with van der Waals surface area (Å²) in [5.41, 5.74) is 1.42. The Balaban J connectivity index is 1.44. The van der Waals surface area contributed by atoms with E-state index in [1.807, 2.05) is 0 Å². The zero-order chi connectivity index (χ0) is 15.4. The topological polar surface area (TPSA) is 10.9 Å². The lowest BCUT2D eigenvalue weighted by Crippen LogP contribution is -3.14. The molecule has 1 aromatic carbocycles. The van der Waals surface area contributed by atoms with Gasteiger partial charge in [0.2, 0.25) is 0 Å². The Kier molecular flexibility index (Phi) is 5.91. The van der Waals surface area contributed by atoms with Crippen molar-refractivity contribution in [3.63, 3.8) is 0 Å². The fourth-order valence-electron chi connectivity index (χ4n) is 3.90. The summed E-state index contributed by atoms with van der Waals surface area (Å²) in [5, 5.41) is 0. The molecule has 0 spiro atoms. The third kappa shape index (κ3) is 4.31. The molecule has 3 nitrogen and oxygen atoms in total. The van der Waals surface area contributed by atoms with Gasteiger partial charge in [-0.2, -0.15) is 0 Å². The van der Waals surface area contributed by atoms with Gasteiger partial charge in [0.25, 0.3) is 0 Å². The van der Waals surface area contributed by atoms with Crippen molar-refractivity contribution in [3.05, 3.63) is 34.3 Å². The van der Waals surface area contributed by atoms with E-state index < -0.39 is 0 Å². The van der Waals surface area contributed by atoms with Crippen LogP contribution in [0.1, 0.15) is 25.3 Å². The maximum absolute atomic E-state index is 3.57. The van der Waals surface area contributed by atoms with E-state index >= 15 is 0 Å². The summed E-state index contributed by atoms with van der Waals surface area (Å²) in [6.07, 6.45) is 2.69. The van der Waals surface area contributed by atoms with Gasteiger partial charge in [0.1, 0.15) is 0 Å². The highest BCUT2D eigenvalue weighted by Crippen LogP contribution is 2.19. The minimum Gasteiger partial charge on any atom is -0.333 e. The van der Waals surface area contributed by atoms with Gasteiger partial charge in [0.15, 0.2) is 0 Å². The van der Waals surface area contributed by atoms with Gasteiger partial charge in [-0.25, -0.2) is 0 Å². The number of nitrogens with zero attached hydrogens (tertiary/aromatic N) is 2. The van der Waals surface area contributed by atoms with Crippen molar-refractivity contribution in [2.45, 2.75) is 32.4 Å². The fraction of sp³-hybridized carbons (Fsp3) is 0.667. The Hall–Kier alpha value is -0.420. The first-order valence-corrected chi connectivity index (χ1v) is 9.58. The van der Waals surface area contributed by atoms with Crippen LogP contribution in [-0.2, 0) is 6.54 Å². The summed E-state index contributed by atoms with van der Waals surface area (Å²) in [5.74, 6) is 0. The zero-order valence-electron chi connectivity index (χ0n) is 13.7. The number of likely N-dealkylation sites (tertiary alicyclic amines) is 1. The van der Waals surface area contributed by atoms with Crippen LogP contribution in [0, 0.1) is 0 Å². The van der Waals surface area contributed by atoms with Crippen molar-refractivity contribution in [2.24, 2.45) is 0 Å². The first kappa shape index (κ1) is 16.4. The second-order valence-corrected chi connectivity index (χ2v) is 7.69. The maximum atomic E-state index is 3.57. The molecule has 2 aliphatic heterocycles. The molecular formula is C18H29BrN3+. The Morgan fingerprint density at radius 3 is 2.50 bits per heavy atom. The molecule has 0 unspecified atom stereocenters. The fourth-order valence-corrected chi connectivity index (χ4v) is 4.34. The smallest absolute Gasteiger partial charge is 0.0900 e. The van der Waals surface area contributed by atoms with Gasteiger partial charge in [0, 0.05) is 30.1 Å². The number of halogens is 1. The van der Waals surface area contributed by atoms with Crippen LogP contribution in [0.15, 0.2) is 28.7 Å². The normalized spacial score (nSPS) is 23.0. The lowest BCUT2D eigenvalue weighted by molar-refractivity contribution is -0.902. The average Bonchev–Trinajstić information content (AvgIpc) is 2.56. The number of likely N-dealkylation sites (N-methyl/N-ethyl adjacent to an activating group) is 1. The van der Waals surface area contributed by atoms with Crippen LogP contribution in [0.4, 0.5) is 0 Å². The van der Waals surface area contributed by atoms with E-state index in [4.69, 9.17) is 0 Å². The number of hydrogen-bond acceptors (Lipinski definition) is 2. The van der Waals surface area contributed by atoms with E-state index in [1.54, 1.807) is 4.90 Å². The Morgan fingerprint density at radius 1 is 1.14 bits per heavy atom. The molecule has 122 valence electrons. The van der Waals surface area contributed by atoms with Crippen molar-refractivity contribution in [1.29, 1.82) is 0 Å². The minimum atomic E-state index is 0.831. The van der Waals surface area contributed by atoms with Crippen molar-refractivity contribution in [3.8, 4) is 0 Å². The van der Waals surface area contributed by atoms with Crippen molar-refractivity contribution < 1.29 is 4.90 Å². The number of benzene rings is 1.